The summed E-state index contributed by atoms with van der Waals surface area (Å²) in [6.45, 7) is 2.50. The normalized spacial score (nSPS) is 15.6. The van der Waals surface area contributed by atoms with Gasteiger partial charge in [0.2, 0.25) is 15.9 Å². The van der Waals surface area contributed by atoms with Crippen molar-refractivity contribution in [1.82, 2.24) is 24.8 Å². The molecule has 1 aliphatic carbocycles. The lowest BCUT2D eigenvalue weighted by molar-refractivity contribution is -0.126. The fourth-order valence-electron chi connectivity index (χ4n) is 6.02. The van der Waals surface area contributed by atoms with Gasteiger partial charge in [0.15, 0.2) is 0 Å². The van der Waals surface area contributed by atoms with Crippen LogP contribution in [0.15, 0.2) is 70.0 Å². The third kappa shape index (κ3) is 11.3. The van der Waals surface area contributed by atoms with E-state index in [1.807, 2.05) is 35.7 Å². The number of ether oxygens (including phenoxy) is 1. The van der Waals surface area contributed by atoms with E-state index in [9.17, 15) is 23.1 Å². The Bertz CT molecular complexity index is 1650. The zero-order valence-corrected chi connectivity index (χ0v) is 30.4. The molecule has 15 heteroatoms. The second-order valence-corrected chi connectivity index (χ2v) is 15.6. The van der Waals surface area contributed by atoms with Gasteiger partial charge in [0.1, 0.15) is 11.0 Å². The second-order valence-electron chi connectivity index (χ2n) is 12.7. The lowest BCUT2D eigenvalue weighted by atomic mass is 10.0. The lowest BCUT2D eigenvalue weighted by Crippen LogP contribution is -2.57. The predicted molar refractivity (Wildman–Crippen MR) is 192 cm³/mol. The van der Waals surface area contributed by atoms with Crippen molar-refractivity contribution in [2.75, 3.05) is 27.2 Å². The number of sulfonamides is 1. The van der Waals surface area contributed by atoms with E-state index in [2.05, 4.69) is 20.8 Å². The van der Waals surface area contributed by atoms with Gasteiger partial charge in [-0.3, -0.25) is 4.79 Å². The van der Waals surface area contributed by atoms with E-state index in [0.717, 1.165) is 36.3 Å². The minimum absolute atomic E-state index is 0.128. The number of hydrogen-bond acceptors (Lipinski definition) is 10. The van der Waals surface area contributed by atoms with Crippen LogP contribution in [0.5, 0.6) is 0 Å². The highest BCUT2D eigenvalue weighted by atomic mass is 32.2. The van der Waals surface area contributed by atoms with Gasteiger partial charge in [-0.25, -0.2) is 18.2 Å². The van der Waals surface area contributed by atoms with Crippen LogP contribution >= 0.6 is 11.3 Å². The van der Waals surface area contributed by atoms with Gasteiger partial charge in [0.05, 0.1) is 36.1 Å². The van der Waals surface area contributed by atoms with Crippen LogP contribution in [-0.2, 0) is 39.1 Å². The molecule has 1 saturated carbocycles. The summed E-state index contributed by atoms with van der Waals surface area (Å²) in [5.41, 5.74) is 2.18. The van der Waals surface area contributed by atoms with Crippen molar-refractivity contribution in [3.8, 4) is 0 Å². The molecule has 1 heterocycles. The maximum atomic E-state index is 14.0. The summed E-state index contributed by atoms with van der Waals surface area (Å²) in [6, 6.07) is 13.4. The fraction of sp³-hybridized carbons (Fsp3) is 0.486. The smallest absolute Gasteiger partial charge is 0.318 e. The molecule has 2 aromatic carbocycles. The van der Waals surface area contributed by atoms with E-state index in [1.165, 1.54) is 45.8 Å². The molecule has 3 amide bonds. The van der Waals surface area contributed by atoms with Gasteiger partial charge in [0, 0.05) is 38.7 Å². The quantitative estimate of drug-likeness (QED) is 0.0865. The van der Waals surface area contributed by atoms with Crippen LogP contribution in [0.25, 0.3) is 0 Å². The van der Waals surface area contributed by atoms with Gasteiger partial charge in [0.25, 0.3) is 0 Å². The van der Waals surface area contributed by atoms with E-state index >= 15 is 0 Å². The Morgan fingerprint density at radius 3 is 2.46 bits per heavy atom. The first-order valence-electron chi connectivity index (χ1n) is 16.7. The molecule has 272 valence electrons. The molecule has 0 saturated heterocycles. The average Bonchev–Trinajstić information content (AvgIpc) is 3.78. The Kier molecular flexibility index (Phi) is 14.7. The maximum absolute atomic E-state index is 14.0. The molecule has 1 aromatic heterocycles. The minimum Gasteiger partial charge on any atom is -0.411 e. The molecule has 4 N–H and O–H groups in total. The topological polar surface area (TPSA) is 174 Å². The third-order valence-corrected chi connectivity index (χ3v) is 11.5. The monoisotopic (exact) mass is 728 g/mol. The molecular formula is C35H48N6O7S2. The molecule has 0 bridgehead atoms. The molecule has 13 nitrogen and oxygen atoms in total. The van der Waals surface area contributed by atoms with Gasteiger partial charge in [-0.1, -0.05) is 60.5 Å². The van der Waals surface area contributed by atoms with Gasteiger partial charge < -0.3 is 30.6 Å². The summed E-state index contributed by atoms with van der Waals surface area (Å²) in [5.74, 6) is -0.347. The van der Waals surface area contributed by atoms with Gasteiger partial charge in [-0.05, 0) is 61.8 Å². The second kappa shape index (κ2) is 18.9. The van der Waals surface area contributed by atoms with Crippen LogP contribution in [-0.4, -0.2) is 96.5 Å². The predicted octanol–water partition coefficient (Wildman–Crippen LogP) is 3.99. The Labute approximate surface area is 298 Å². The van der Waals surface area contributed by atoms with E-state index in [1.54, 1.807) is 26.3 Å². The number of thiazole rings is 1. The number of hydrogen-bond donors (Lipinski definition) is 4. The van der Waals surface area contributed by atoms with E-state index < -0.39 is 40.1 Å². The van der Waals surface area contributed by atoms with Crippen LogP contribution in [0.3, 0.4) is 0 Å². The first-order chi connectivity index (χ1) is 24.0. The summed E-state index contributed by atoms with van der Waals surface area (Å²) in [4.78, 5) is 32.8. The summed E-state index contributed by atoms with van der Waals surface area (Å²) in [5, 5.41) is 30.7. The van der Waals surface area contributed by atoms with Gasteiger partial charge >= 0.3 is 6.03 Å². The largest absolute Gasteiger partial charge is 0.411 e. The first kappa shape index (κ1) is 38.9. The number of aromatic nitrogens is 1. The van der Waals surface area contributed by atoms with Gasteiger partial charge in [-0.15, -0.1) is 11.3 Å². The van der Waals surface area contributed by atoms with Gasteiger partial charge in [-0.2, -0.15) is 4.31 Å². The molecule has 0 radical (unpaired) electrons. The molecule has 4 rings (SSSR count). The van der Waals surface area contributed by atoms with Crippen molar-refractivity contribution in [3.63, 3.8) is 0 Å². The number of carbonyl (C=O) groups is 2. The van der Waals surface area contributed by atoms with Crippen molar-refractivity contribution in [3.05, 3.63) is 81.8 Å². The number of nitrogens with zero attached hydrogens (tertiary/aromatic N) is 4. The number of nitrogens with one attached hydrogen (secondary N) is 2. The third-order valence-electron chi connectivity index (χ3n) is 8.72. The lowest BCUT2D eigenvalue weighted by Gasteiger charge is -2.29. The molecule has 3 aromatic rings. The average molecular weight is 729 g/mol. The highest BCUT2D eigenvalue weighted by molar-refractivity contribution is 7.89. The zero-order chi connectivity index (χ0) is 36.1. The summed E-state index contributed by atoms with van der Waals surface area (Å²) in [7, 11) is -0.743. The highest BCUT2D eigenvalue weighted by Gasteiger charge is 2.32. The molecule has 1 fully saturated rings. The molecule has 3 atom stereocenters. The maximum Gasteiger partial charge on any atom is 0.318 e. The SMILES string of the molecule is COCc1nc(CN(C)C(=O)N[C@H](C(=O)N[C@H](CCN(CC2CCCC2)S(=O)(=O)c2ccc(C=NO)cc2)Cc2ccccc2)[C@H](C)O)cs1. The van der Waals surface area contributed by atoms with E-state index in [0.29, 0.717) is 30.8 Å². The number of amides is 3. The van der Waals surface area contributed by atoms with Crippen molar-refractivity contribution in [1.29, 1.82) is 0 Å². The Balaban J connectivity index is 1.50. The number of benzene rings is 2. The van der Waals surface area contributed by atoms with Crippen LogP contribution in [0.2, 0.25) is 0 Å². The number of oxime groups is 1. The first-order valence-corrected chi connectivity index (χ1v) is 19.1. The van der Waals surface area contributed by atoms with Crippen LogP contribution in [0.1, 0.15) is 60.9 Å². The van der Waals surface area contributed by atoms with Crippen molar-refractivity contribution in [2.45, 2.75) is 81.7 Å². The minimum atomic E-state index is -3.90. The van der Waals surface area contributed by atoms with Crippen LogP contribution in [0, 0.1) is 5.92 Å². The van der Waals surface area contributed by atoms with E-state index in [4.69, 9.17) is 9.94 Å². The Hall–Kier alpha value is -3.89. The molecule has 1 aliphatic rings. The zero-order valence-electron chi connectivity index (χ0n) is 28.8. The fourth-order valence-corrected chi connectivity index (χ4v) is 8.31. The summed E-state index contributed by atoms with van der Waals surface area (Å²) in [6.07, 6.45) is 4.72. The molecular weight excluding hydrogens is 681 g/mol. The standard InChI is InChI=1S/C35H48N6O7S2/c1-25(42)33(39-35(44)40(2)22-30-24-49-32(37-30)23-48-3)34(43)38-29(19-26-9-5-4-6-10-26)17-18-41(21-28-11-7-8-12-28)50(46,47)31-15-13-27(14-16-31)20-36-45/h4-6,9-10,13-16,20,24-25,28-29,33,42,45H,7-8,11-12,17-19,21-23H2,1-3H3,(H,38,43)(H,39,44)/t25-,29+,33-/m0/s1. The van der Waals surface area contributed by atoms with Crippen molar-refractivity contribution < 1.29 is 33.1 Å². The summed E-state index contributed by atoms with van der Waals surface area (Å²) < 4.78 is 34.6. The van der Waals surface area contributed by atoms with E-state index in [-0.39, 0.29) is 30.3 Å². The molecule has 0 spiro atoms. The number of rotatable bonds is 18. The molecule has 50 heavy (non-hydrogen) atoms. The molecule has 0 unspecified atom stereocenters. The summed E-state index contributed by atoms with van der Waals surface area (Å²) >= 11 is 1.42. The number of aliphatic hydroxyl groups is 1. The van der Waals surface area contributed by atoms with Crippen molar-refractivity contribution >= 4 is 39.5 Å². The van der Waals surface area contributed by atoms with Crippen LogP contribution in [0.4, 0.5) is 4.79 Å². The number of aliphatic hydroxyl groups excluding tert-OH is 1. The number of carbonyl (C=O) groups excluding carboxylic acids is 2. The Morgan fingerprint density at radius 1 is 1.12 bits per heavy atom. The Morgan fingerprint density at radius 2 is 1.82 bits per heavy atom. The number of methoxy groups -OCH3 is 1. The molecule has 0 aliphatic heterocycles. The number of urea groups is 1. The van der Waals surface area contributed by atoms with Crippen molar-refractivity contribution in [2.24, 2.45) is 11.1 Å². The van der Waals surface area contributed by atoms with Crippen LogP contribution < -0.4 is 10.6 Å². The highest BCUT2D eigenvalue weighted by Crippen LogP contribution is 2.28.